The monoisotopic (exact) mass is 810 g/mol. The molecule has 8 aromatic rings. The van der Waals surface area contributed by atoms with Gasteiger partial charge in [0.1, 0.15) is 0 Å². The van der Waals surface area contributed by atoms with Crippen molar-refractivity contribution in [3.05, 3.63) is 199 Å². The van der Waals surface area contributed by atoms with Crippen molar-refractivity contribution < 1.29 is 0 Å². The molecule has 2 aromatic heterocycles. The van der Waals surface area contributed by atoms with Crippen molar-refractivity contribution in [3.63, 3.8) is 0 Å². The van der Waals surface area contributed by atoms with Crippen LogP contribution in [0.5, 0.6) is 0 Å². The fourth-order valence-electron chi connectivity index (χ4n) is 8.30. The van der Waals surface area contributed by atoms with E-state index in [0.717, 1.165) is 53.2 Å². The summed E-state index contributed by atoms with van der Waals surface area (Å²) in [6.07, 6.45) is 16.9. The topological polar surface area (TPSA) is 43.6 Å². The maximum atomic E-state index is 5.15. The summed E-state index contributed by atoms with van der Waals surface area (Å²) in [5.41, 5.74) is 14.2. The Hall–Kier alpha value is -6.91. The van der Waals surface area contributed by atoms with Gasteiger partial charge in [-0.25, -0.2) is 4.98 Å². The Balaban J connectivity index is 0.00000111. The number of allylic oxidation sites excluding steroid dienone is 8. The average Bonchev–Trinajstić information content (AvgIpc) is 3.69. The van der Waals surface area contributed by atoms with Crippen LogP contribution >= 0.6 is 0 Å². The van der Waals surface area contributed by atoms with Gasteiger partial charge >= 0.3 is 0 Å². The molecule has 6 aromatic carbocycles. The van der Waals surface area contributed by atoms with Gasteiger partial charge in [0.15, 0.2) is 11.6 Å². The molecule has 0 aliphatic heterocycles. The number of aromatic nitrogens is 4. The highest BCUT2D eigenvalue weighted by Gasteiger charge is 2.21. The fourth-order valence-corrected chi connectivity index (χ4v) is 8.30. The van der Waals surface area contributed by atoms with Gasteiger partial charge in [0, 0.05) is 21.9 Å². The average molecular weight is 811 g/mol. The highest BCUT2D eigenvalue weighted by molar-refractivity contribution is 6.16. The van der Waals surface area contributed by atoms with Crippen molar-refractivity contribution in [2.24, 2.45) is 0 Å². The van der Waals surface area contributed by atoms with Crippen molar-refractivity contribution in [1.29, 1.82) is 0 Å². The summed E-state index contributed by atoms with van der Waals surface area (Å²) >= 11 is 0. The van der Waals surface area contributed by atoms with Crippen LogP contribution in [0, 0.1) is 0 Å². The van der Waals surface area contributed by atoms with Crippen molar-refractivity contribution in [2.45, 2.75) is 73.6 Å². The minimum atomic E-state index is 0.586. The van der Waals surface area contributed by atoms with Gasteiger partial charge in [-0.15, -0.1) is 0 Å². The molecule has 0 saturated carbocycles. The van der Waals surface area contributed by atoms with Crippen molar-refractivity contribution in [2.75, 3.05) is 0 Å². The van der Waals surface area contributed by atoms with E-state index >= 15 is 0 Å². The maximum Gasteiger partial charge on any atom is 0.238 e. The largest absolute Gasteiger partial charge is 0.278 e. The molecule has 0 bridgehead atoms. The summed E-state index contributed by atoms with van der Waals surface area (Å²) in [6, 6.07) is 53.5. The summed E-state index contributed by atoms with van der Waals surface area (Å²) in [5.74, 6) is 1.86. The lowest BCUT2D eigenvalue weighted by Crippen LogP contribution is -2.06. The molecule has 0 N–H and O–H groups in total. The molecule has 62 heavy (non-hydrogen) atoms. The molecule has 1 aliphatic carbocycles. The maximum absolute atomic E-state index is 5.15. The van der Waals surface area contributed by atoms with Gasteiger partial charge in [-0.2, -0.15) is 9.97 Å². The van der Waals surface area contributed by atoms with E-state index in [1.807, 2.05) is 50.2 Å². The quantitative estimate of drug-likeness (QED) is 0.129. The van der Waals surface area contributed by atoms with Crippen LogP contribution in [0.4, 0.5) is 0 Å². The molecular weight excluding hydrogens is 753 g/mol. The number of benzene rings is 6. The minimum Gasteiger partial charge on any atom is -0.278 e. The number of para-hydroxylation sites is 1. The van der Waals surface area contributed by atoms with Gasteiger partial charge in [0.2, 0.25) is 5.95 Å². The predicted octanol–water partition coefficient (Wildman–Crippen LogP) is 16.5. The lowest BCUT2D eigenvalue weighted by Gasteiger charge is -2.20. The number of nitrogens with zero attached hydrogens (tertiary/aromatic N) is 4. The zero-order chi connectivity index (χ0) is 43.3. The van der Waals surface area contributed by atoms with Gasteiger partial charge < -0.3 is 0 Å². The van der Waals surface area contributed by atoms with E-state index < -0.39 is 0 Å². The normalized spacial score (nSPS) is 12.6. The van der Waals surface area contributed by atoms with Crippen LogP contribution in [0.1, 0.15) is 79.2 Å². The van der Waals surface area contributed by atoms with Crippen LogP contribution in [0.3, 0.4) is 0 Å². The highest BCUT2D eigenvalue weighted by atomic mass is 15.2. The lowest BCUT2D eigenvalue weighted by atomic mass is 9.85. The van der Waals surface area contributed by atoms with Gasteiger partial charge in [0.05, 0.1) is 11.0 Å². The van der Waals surface area contributed by atoms with Crippen LogP contribution in [-0.4, -0.2) is 19.5 Å². The smallest absolute Gasteiger partial charge is 0.238 e. The van der Waals surface area contributed by atoms with E-state index in [1.165, 1.54) is 56.3 Å². The first-order valence-electron chi connectivity index (χ1n) is 22.4. The first-order chi connectivity index (χ1) is 30.6. The lowest BCUT2D eigenvalue weighted by molar-refractivity contribution is 0.907. The highest BCUT2D eigenvalue weighted by Crippen LogP contribution is 2.42. The SMILES string of the molecule is C/C=C\CC/C(=C/C)C1=C(c2ccc(-c3ccccc3-c3cccc4c3c3ccccc3n4-c3nc(-c4ccccc4)nc(-c4ccccc4)n3)cc2)C=CCC1.CC.CCC. The van der Waals surface area contributed by atoms with Gasteiger partial charge in [-0.3, -0.25) is 4.57 Å². The molecule has 0 saturated heterocycles. The molecule has 1 aliphatic rings. The molecule has 0 amide bonds. The standard InChI is InChI=1S/C53H44N4.C3H8.C2H6/c1-3-5-8-20-37(4-2)42-25-13-14-26-43(42)38-33-35-39(36-34-38)44-27-15-16-28-45(44)46-30-19-32-49-50(46)47-29-17-18-31-48(47)57(49)53-55-51(40-21-9-6-10-22-40)54-52(56-53)41-23-11-7-12-24-41;1-3-2;1-2/h3-7,9-12,14-19,21-24,26-36H,8,13,20,25H2,1-2H3;3H2,1-2H3;1-2H3/b5-3-,37-4-;;. The summed E-state index contributed by atoms with van der Waals surface area (Å²) < 4.78 is 2.20. The van der Waals surface area contributed by atoms with E-state index in [2.05, 4.69) is 178 Å². The zero-order valence-corrected chi connectivity index (χ0v) is 37.1. The summed E-state index contributed by atoms with van der Waals surface area (Å²) in [4.78, 5) is 15.3. The minimum absolute atomic E-state index is 0.586. The first-order valence-corrected chi connectivity index (χ1v) is 22.4. The summed E-state index contributed by atoms with van der Waals surface area (Å²) in [5, 5.41) is 2.31. The van der Waals surface area contributed by atoms with Crippen LogP contribution in [0.2, 0.25) is 0 Å². The number of hydrogen-bond acceptors (Lipinski definition) is 3. The molecule has 0 fully saturated rings. The van der Waals surface area contributed by atoms with Crippen molar-refractivity contribution in [3.8, 4) is 51.0 Å². The summed E-state index contributed by atoms with van der Waals surface area (Å²) in [7, 11) is 0. The third kappa shape index (κ3) is 9.21. The Morgan fingerprint density at radius 2 is 1.15 bits per heavy atom. The van der Waals surface area contributed by atoms with Gasteiger partial charge in [-0.05, 0) is 96.2 Å². The van der Waals surface area contributed by atoms with Crippen LogP contribution in [0.25, 0.3) is 78.4 Å². The third-order valence-electron chi connectivity index (χ3n) is 11.0. The van der Waals surface area contributed by atoms with E-state index in [1.54, 1.807) is 0 Å². The van der Waals surface area contributed by atoms with Crippen LogP contribution in [0.15, 0.2) is 193 Å². The first kappa shape index (κ1) is 43.2. The predicted molar refractivity (Wildman–Crippen MR) is 266 cm³/mol. The molecule has 0 spiro atoms. The second-order valence-corrected chi connectivity index (χ2v) is 15.2. The van der Waals surface area contributed by atoms with Crippen LogP contribution in [-0.2, 0) is 0 Å². The molecule has 2 heterocycles. The number of fused-ring (bicyclic) bond motifs is 3. The number of rotatable bonds is 10. The van der Waals surface area contributed by atoms with Gasteiger partial charge in [-0.1, -0.05) is 204 Å². The van der Waals surface area contributed by atoms with E-state index in [9.17, 15) is 0 Å². The molecule has 0 unspecified atom stereocenters. The zero-order valence-electron chi connectivity index (χ0n) is 37.1. The Bertz CT molecular complexity index is 2800. The fraction of sp³-hybridized carbons (Fsp3) is 0.190. The van der Waals surface area contributed by atoms with Gasteiger partial charge in [0.25, 0.3) is 0 Å². The molecule has 310 valence electrons. The second kappa shape index (κ2) is 21.1. The van der Waals surface area contributed by atoms with Crippen LogP contribution < -0.4 is 0 Å². The van der Waals surface area contributed by atoms with E-state index in [-0.39, 0.29) is 0 Å². The molecule has 4 nitrogen and oxygen atoms in total. The Morgan fingerprint density at radius 3 is 1.79 bits per heavy atom. The Morgan fingerprint density at radius 1 is 0.581 bits per heavy atom. The third-order valence-corrected chi connectivity index (χ3v) is 11.0. The Labute approximate surface area is 368 Å². The molecule has 0 radical (unpaired) electrons. The summed E-state index contributed by atoms with van der Waals surface area (Å²) in [6.45, 7) is 12.5. The van der Waals surface area contributed by atoms with Crippen molar-refractivity contribution in [1.82, 2.24) is 19.5 Å². The Kier molecular flexibility index (Phi) is 14.7. The number of hydrogen-bond donors (Lipinski definition) is 0. The molecule has 0 atom stereocenters. The second-order valence-electron chi connectivity index (χ2n) is 15.2. The van der Waals surface area contributed by atoms with Crippen molar-refractivity contribution >= 4 is 27.4 Å². The molecule has 4 heteroatoms. The van der Waals surface area contributed by atoms with E-state index in [0.29, 0.717) is 17.6 Å². The van der Waals surface area contributed by atoms with E-state index in [4.69, 9.17) is 15.0 Å². The molecule has 9 rings (SSSR count). The molecular formula is C58H58N4.